The minimum atomic E-state index is -1.90. The highest BCUT2D eigenvalue weighted by Gasteiger charge is 2.69. The van der Waals surface area contributed by atoms with Gasteiger partial charge in [0, 0.05) is 16.2 Å². The van der Waals surface area contributed by atoms with Gasteiger partial charge in [0.15, 0.2) is 18.9 Å². The van der Waals surface area contributed by atoms with Crippen LogP contribution in [0.25, 0.3) is 0 Å². The lowest BCUT2D eigenvalue weighted by Crippen LogP contribution is -2.67. The molecule has 3 heterocycles. The van der Waals surface area contributed by atoms with Crippen LogP contribution in [0.15, 0.2) is 23.3 Å². The summed E-state index contributed by atoms with van der Waals surface area (Å²) in [6.45, 7) is 10.9. The largest absolute Gasteiger partial charge is 0.396 e. The summed E-state index contributed by atoms with van der Waals surface area (Å²) in [5.74, 6) is -0.0749. The lowest BCUT2D eigenvalue weighted by Gasteiger charge is -2.70. The van der Waals surface area contributed by atoms with Gasteiger partial charge in [0.05, 0.1) is 45.2 Å². The molecule has 0 radical (unpaired) electrons. The maximum absolute atomic E-state index is 12.1. The van der Waals surface area contributed by atoms with E-state index in [2.05, 4.69) is 46.8 Å². The number of aliphatic hydroxyl groups is 13. The Balaban J connectivity index is 1.06. The van der Waals surface area contributed by atoms with Gasteiger partial charge in [0.25, 0.3) is 0 Å². The fourth-order valence-electron chi connectivity index (χ4n) is 14.5. The van der Waals surface area contributed by atoms with Gasteiger partial charge >= 0.3 is 0 Å². The first-order valence-corrected chi connectivity index (χ1v) is 24.3. The molecule has 0 spiro atoms. The van der Waals surface area contributed by atoms with Crippen molar-refractivity contribution in [2.75, 3.05) is 33.0 Å². The number of allylic oxidation sites excluding steroid dienone is 3. The van der Waals surface area contributed by atoms with E-state index in [-0.39, 0.29) is 41.3 Å². The summed E-state index contributed by atoms with van der Waals surface area (Å²) in [5, 5.41) is 141. The number of hydrogen-bond acceptors (Lipinski definition) is 19. The second-order valence-corrected chi connectivity index (χ2v) is 23.1. The first-order valence-electron chi connectivity index (χ1n) is 24.3. The van der Waals surface area contributed by atoms with E-state index in [0.29, 0.717) is 25.7 Å². The number of hydrogen-bond donors (Lipinski definition) is 13. The third-order valence-corrected chi connectivity index (χ3v) is 19.0. The highest BCUT2D eigenvalue weighted by atomic mass is 16.8. The van der Waals surface area contributed by atoms with Crippen LogP contribution in [-0.2, 0) is 28.4 Å². The molecule has 0 aromatic carbocycles. The smallest absolute Gasteiger partial charge is 0.187 e. The van der Waals surface area contributed by atoms with Gasteiger partial charge in [-0.1, -0.05) is 59.3 Å². The van der Waals surface area contributed by atoms with Crippen molar-refractivity contribution >= 4 is 0 Å². The first kappa shape index (κ1) is 52.1. The Hall–Kier alpha value is -1.28. The Morgan fingerprint density at radius 3 is 1.81 bits per heavy atom. The summed E-state index contributed by atoms with van der Waals surface area (Å²) in [4.78, 5) is 0. The summed E-state index contributed by atoms with van der Waals surface area (Å²) in [5.41, 5.74) is -0.186. The average Bonchev–Trinajstić information content (AvgIpc) is 3.29. The molecule has 8 rings (SSSR count). The fourth-order valence-corrected chi connectivity index (χ4v) is 14.5. The van der Waals surface area contributed by atoms with Crippen molar-refractivity contribution in [1.29, 1.82) is 0 Å². The van der Waals surface area contributed by atoms with Gasteiger partial charge < -0.3 is 94.8 Å². The molecule has 24 atom stereocenters. The van der Waals surface area contributed by atoms with E-state index in [4.69, 9.17) is 28.4 Å². The zero-order chi connectivity index (χ0) is 49.0. The van der Waals surface area contributed by atoms with Gasteiger partial charge in [-0.25, -0.2) is 0 Å². The van der Waals surface area contributed by atoms with Crippen LogP contribution >= 0.6 is 0 Å². The van der Waals surface area contributed by atoms with E-state index in [9.17, 15) is 66.4 Å². The van der Waals surface area contributed by atoms with Crippen LogP contribution in [0.3, 0.4) is 0 Å². The molecule has 8 aliphatic rings. The maximum Gasteiger partial charge on any atom is 0.187 e. The summed E-state index contributed by atoms with van der Waals surface area (Å²) in [7, 11) is 0. The van der Waals surface area contributed by atoms with Gasteiger partial charge in [-0.15, -0.1) is 0 Å². The minimum Gasteiger partial charge on any atom is -0.396 e. The van der Waals surface area contributed by atoms with E-state index >= 15 is 0 Å². The highest BCUT2D eigenvalue weighted by Crippen LogP contribution is 2.74. The molecule has 13 N–H and O–H groups in total. The third-order valence-electron chi connectivity index (χ3n) is 19.0. The Bertz CT molecular complexity index is 1830. The lowest BCUT2D eigenvalue weighted by atomic mass is 9.35. The number of ether oxygens (including phenoxy) is 6. The summed E-state index contributed by atoms with van der Waals surface area (Å²) < 4.78 is 35.8. The second-order valence-electron chi connectivity index (χ2n) is 23.1. The normalized spacial score (nSPS) is 54.2. The zero-order valence-corrected chi connectivity index (χ0v) is 39.6. The summed E-state index contributed by atoms with van der Waals surface area (Å²) >= 11 is 0. The van der Waals surface area contributed by atoms with Crippen molar-refractivity contribution in [3.8, 4) is 0 Å². The van der Waals surface area contributed by atoms with Crippen molar-refractivity contribution in [2.24, 2.45) is 44.3 Å². The molecule has 19 nitrogen and oxygen atoms in total. The third kappa shape index (κ3) is 8.15. The highest BCUT2D eigenvalue weighted by molar-refractivity contribution is 5.47. The van der Waals surface area contributed by atoms with Crippen molar-refractivity contribution in [2.45, 2.75) is 197 Å². The van der Waals surface area contributed by atoms with Gasteiger partial charge in [-0.3, -0.25) is 0 Å². The van der Waals surface area contributed by atoms with E-state index in [1.54, 1.807) is 0 Å². The second kappa shape index (κ2) is 18.6. The van der Waals surface area contributed by atoms with Crippen LogP contribution in [0.5, 0.6) is 0 Å². The molecule has 0 bridgehead atoms. The molecule has 6 fully saturated rings. The Kier molecular flexibility index (Phi) is 14.5. The van der Waals surface area contributed by atoms with Crippen molar-refractivity contribution in [3.63, 3.8) is 0 Å². The molecule has 5 aliphatic carbocycles. The molecule has 0 amide bonds. The predicted octanol–water partition coefficient (Wildman–Crippen LogP) is -1.52. The summed E-state index contributed by atoms with van der Waals surface area (Å²) in [6.07, 6.45) is -16.5. The number of fused-ring (bicyclic) bond motifs is 6. The van der Waals surface area contributed by atoms with Crippen LogP contribution in [0, 0.1) is 44.3 Å². The summed E-state index contributed by atoms with van der Waals surface area (Å²) in [6, 6.07) is 0. The SMILES string of the molecule is CC1(C)CC[C@@]2(CO)C(=C3C=C[C@@H]4[C@@]5(C)CC[C@H](O[C@@H]6O[C@H](CO[C@@H]7O[C@H](CO)[C@@H](O)[C@H](O)[C@H]7O)[C@@H](O[C@@H]7O[C@H](CO)[C@@H](O)[C@H](O)[C@H]7O)[C@H](O)[C@H]6O)C(C)(CO)[C@@H]5CC[C@@]4(C)[C@]3(C)C[C@@H]2O)C1. The van der Waals surface area contributed by atoms with Gasteiger partial charge in [-0.2, -0.15) is 0 Å². The van der Waals surface area contributed by atoms with Crippen LogP contribution < -0.4 is 0 Å². The number of aliphatic hydroxyl groups excluding tert-OH is 13. The van der Waals surface area contributed by atoms with E-state index in [1.165, 1.54) is 11.1 Å². The molecule has 67 heavy (non-hydrogen) atoms. The monoisotopic (exact) mass is 959 g/mol. The Morgan fingerprint density at radius 1 is 0.612 bits per heavy atom. The zero-order valence-electron chi connectivity index (χ0n) is 39.6. The minimum absolute atomic E-state index is 0.0246. The van der Waals surface area contributed by atoms with Gasteiger partial charge in [0.1, 0.15) is 73.2 Å². The van der Waals surface area contributed by atoms with Crippen LogP contribution in [0.1, 0.15) is 92.9 Å². The van der Waals surface area contributed by atoms with Crippen LogP contribution in [0.4, 0.5) is 0 Å². The Morgan fingerprint density at radius 2 is 1.19 bits per heavy atom. The standard InChI is InChI=1S/C48H78O19/c1-43(2)13-14-48(21-52)23(15-43)22-7-8-28-44(3)11-10-30(45(4,20-51)27(44)9-12-46(28,5)47(22,6)16-29(48)53)66-41-38(61)35(58)39(67-42-37(60)34(57)32(55)25(18-50)64-42)26(65-41)19-62-40-36(59)33(56)31(54)24(17-49)63-40/h7-8,24-42,49-61H,9-21H2,1-6H3/t24-,25-,26-,27-,28-,29+,30+,31-,32-,33+,34+,35-,36-,37-,38-,39-,40-,41+,42+,44+,45?,46-,47-,48-/m1/s1. The molecular formula is C48H78O19. The molecular weight excluding hydrogens is 881 g/mol. The molecule has 19 heteroatoms. The van der Waals surface area contributed by atoms with E-state index < -0.39 is 140 Å². The van der Waals surface area contributed by atoms with E-state index in [1.807, 2.05) is 6.92 Å². The topological polar surface area (TPSA) is 318 Å². The molecule has 3 aliphatic heterocycles. The molecule has 0 aromatic heterocycles. The lowest BCUT2D eigenvalue weighted by molar-refractivity contribution is -0.376. The molecule has 0 aromatic rings. The molecule has 3 saturated carbocycles. The molecule has 1 unspecified atom stereocenters. The van der Waals surface area contributed by atoms with Crippen molar-refractivity contribution < 1.29 is 94.8 Å². The Labute approximate surface area is 391 Å². The van der Waals surface area contributed by atoms with Crippen LogP contribution in [-0.4, -0.2) is 204 Å². The molecule has 384 valence electrons. The predicted molar refractivity (Wildman–Crippen MR) is 233 cm³/mol. The molecule has 3 saturated heterocycles. The van der Waals surface area contributed by atoms with Crippen LogP contribution in [0.2, 0.25) is 0 Å². The quantitative estimate of drug-likeness (QED) is 0.105. The number of rotatable bonds is 11. The van der Waals surface area contributed by atoms with Crippen molar-refractivity contribution in [1.82, 2.24) is 0 Å². The average molecular weight is 959 g/mol. The fraction of sp³-hybridized carbons (Fsp3) is 0.917. The van der Waals surface area contributed by atoms with Gasteiger partial charge in [0.2, 0.25) is 0 Å². The van der Waals surface area contributed by atoms with Gasteiger partial charge in [-0.05, 0) is 85.0 Å². The van der Waals surface area contributed by atoms with E-state index in [0.717, 1.165) is 25.7 Å². The van der Waals surface area contributed by atoms with Crippen molar-refractivity contribution in [3.05, 3.63) is 23.3 Å². The maximum atomic E-state index is 12.1. The first-order chi connectivity index (χ1) is 31.4.